The quantitative estimate of drug-likeness (QED) is 0.270. The normalized spacial score (nSPS) is 14.0. The van der Waals surface area contributed by atoms with E-state index in [1.165, 1.54) is 12.8 Å². The number of nitrogens with zero attached hydrogens (tertiary/aromatic N) is 5. The van der Waals surface area contributed by atoms with Gasteiger partial charge in [0.2, 0.25) is 0 Å². The topological polar surface area (TPSA) is 67.6 Å². The van der Waals surface area contributed by atoms with Crippen LogP contribution in [0.4, 0.5) is 0 Å². The highest BCUT2D eigenvalue weighted by Gasteiger charge is 2.21. The van der Waals surface area contributed by atoms with Crippen molar-refractivity contribution in [1.29, 1.82) is 0 Å². The van der Waals surface area contributed by atoms with Crippen LogP contribution in [0.3, 0.4) is 0 Å². The predicted molar refractivity (Wildman–Crippen MR) is 118 cm³/mol. The molecule has 2 heterocycles. The van der Waals surface area contributed by atoms with Gasteiger partial charge >= 0.3 is 0 Å². The summed E-state index contributed by atoms with van der Waals surface area (Å²) in [6.45, 7) is 5.09. The van der Waals surface area contributed by atoms with E-state index in [9.17, 15) is 0 Å². The van der Waals surface area contributed by atoms with Crippen molar-refractivity contribution < 1.29 is 4.74 Å². The third kappa shape index (κ3) is 6.46. The predicted octanol–water partition coefficient (Wildman–Crippen LogP) is 2.63. The molecule has 1 aliphatic carbocycles. The average molecular weight is 484 g/mol. The zero-order valence-electron chi connectivity index (χ0n) is 16.3. The second-order valence-corrected chi connectivity index (χ2v) is 6.71. The molecule has 0 bridgehead atoms. The Labute approximate surface area is 178 Å². The Bertz CT molecular complexity index is 726. The molecule has 0 aliphatic heterocycles. The van der Waals surface area contributed by atoms with Gasteiger partial charge in [-0.05, 0) is 37.3 Å². The molecule has 2 aromatic rings. The fraction of sp³-hybridized carbons (Fsp3) is 0.526. The lowest BCUT2D eigenvalue weighted by Crippen LogP contribution is -2.40. The fourth-order valence-electron chi connectivity index (χ4n) is 2.69. The number of rotatable bonds is 8. The van der Waals surface area contributed by atoms with Crippen molar-refractivity contribution in [1.82, 2.24) is 24.8 Å². The molecule has 8 heteroatoms. The van der Waals surface area contributed by atoms with Crippen molar-refractivity contribution in [2.24, 2.45) is 10.9 Å². The van der Waals surface area contributed by atoms with Gasteiger partial charge in [0, 0.05) is 52.4 Å². The summed E-state index contributed by atoms with van der Waals surface area (Å²) in [5.74, 6) is 3.46. The van der Waals surface area contributed by atoms with Crippen LogP contribution in [0, 0.1) is 12.8 Å². The first-order valence-corrected chi connectivity index (χ1v) is 9.12. The van der Waals surface area contributed by atoms with Crippen molar-refractivity contribution in [2.45, 2.75) is 26.3 Å². The van der Waals surface area contributed by atoms with E-state index in [0.29, 0.717) is 6.54 Å². The largest absolute Gasteiger partial charge is 0.379 e. The molecule has 0 radical (unpaired) electrons. The minimum absolute atomic E-state index is 0. The van der Waals surface area contributed by atoms with Gasteiger partial charge in [-0.2, -0.15) is 0 Å². The molecular formula is C19H29IN6O. The number of pyridine rings is 1. The number of halogens is 1. The van der Waals surface area contributed by atoms with Crippen molar-refractivity contribution >= 4 is 29.9 Å². The Balaban J connectivity index is 0.00000261. The minimum Gasteiger partial charge on any atom is -0.379 e. The molecular weight excluding hydrogens is 455 g/mol. The lowest BCUT2D eigenvalue weighted by Gasteiger charge is -2.22. The van der Waals surface area contributed by atoms with Crippen molar-refractivity contribution in [3.63, 3.8) is 0 Å². The lowest BCUT2D eigenvalue weighted by atomic mass is 10.3. The molecule has 0 atom stereocenters. The van der Waals surface area contributed by atoms with Crippen LogP contribution >= 0.6 is 24.0 Å². The van der Waals surface area contributed by atoms with Crippen LogP contribution in [0.25, 0.3) is 5.82 Å². The van der Waals surface area contributed by atoms with Gasteiger partial charge in [0.1, 0.15) is 11.6 Å². The SMILES string of the molecule is CN=C(NCc1ccc(-n2ccnc2C)nc1)N(C)CCOCC1CC1.I. The minimum atomic E-state index is 0. The Morgan fingerprint density at radius 3 is 2.78 bits per heavy atom. The summed E-state index contributed by atoms with van der Waals surface area (Å²) in [6.07, 6.45) is 8.23. The molecule has 3 rings (SSSR count). The van der Waals surface area contributed by atoms with Gasteiger partial charge in [-0.25, -0.2) is 9.97 Å². The Morgan fingerprint density at radius 1 is 1.37 bits per heavy atom. The summed E-state index contributed by atoms with van der Waals surface area (Å²) in [5.41, 5.74) is 1.10. The summed E-state index contributed by atoms with van der Waals surface area (Å²) in [5, 5.41) is 3.37. The highest BCUT2D eigenvalue weighted by molar-refractivity contribution is 14.0. The maximum atomic E-state index is 5.70. The molecule has 0 aromatic carbocycles. The maximum absolute atomic E-state index is 5.70. The number of hydrogen-bond donors (Lipinski definition) is 1. The van der Waals surface area contributed by atoms with E-state index in [2.05, 4.69) is 31.2 Å². The number of aliphatic imine (C=N–C) groups is 1. The molecule has 2 aromatic heterocycles. The monoisotopic (exact) mass is 484 g/mol. The molecule has 0 spiro atoms. The zero-order chi connectivity index (χ0) is 18.4. The third-order valence-electron chi connectivity index (χ3n) is 4.53. The molecule has 148 valence electrons. The van der Waals surface area contributed by atoms with E-state index < -0.39 is 0 Å². The van der Waals surface area contributed by atoms with Crippen LogP contribution in [0.15, 0.2) is 35.7 Å². The van der Waals surface area contributed by atoms with E-state index in [1.807, 2.05) is 37.0 Å². The molecule has 1 saturated carbocycles. The molecule has 1 fully saturated rings. The first kappa shape index (κ1) is 21.6. The molecule has 0 unspecified atom stereocenters. The van der Waals surface area contributed by atoms with Gasteiger partial charge in [-0.15, -0.1) is 24.0 Å². The second-order valence-electron chi connectivity index (χ2n) is 6.71. The smallest absolute Gasteiger partial charge is 0.193 e. The van der Waals surface area contributed by atoms with Crippen LogP contribution in [-0.2, 0) is 11.3 Å². The van der Waals surface area contributed by atoms with Crippen LogP contribution in [0.2, 0.25) is 0 Å². The maximum Gasteiger partial charge on any atom is 0.193 e. The number of aromatic nitrogens is 3. The number of imidazole rings is 1. The van der Waals surface area contributed by atoms with Gasteiger partial charge in [-0.3, -0.25) is 9.56 Å². The van der Waals surface area contributed by atoms with E-state index in [1.54, 1.807) is 13.2 Å². The lowest BCUT2D eigenvalue weighted by molar-refractivity contribution is 0.115. The van der Waals surface area contributed by atoms with Crippen LogP contribution < -0.4 is 5.32 Å². The summed E-state index contributed by atoms with van der Waals surface area (Å²) < 4.78 is 7.67. The summed E-state index contributed by atoms with van der Waals surface area (Å²) in [7, 11) is 3.83. The Hall–Kier alpha value is -1.68. The van der Waals surface area contributed by atoms with E-state index in [4.69, 9.17) is 4.74 Å². The summed E-state index contributed by atoms with van der Waals surface area (Å²) in [6, 6.07) is 4.07. The molecule has 27 heavy (non-hydrogen) atoms. The number of likely N-dealkylation sites (N-methyl/N-ethyl adjacent to an activating group) is 1. The van der Waals surface area contributed by atoms with Crippen molar-refractivity contribution in [3.05, 3.63) is 42.1 Å². The number of ether oxygens (including phenoxy) is 1. The van der Waals surface area contributed by atoms with E-state index in [-0.39, 0.29) is 24.0 Å². The third-order valence-corrected chi connectivity index (χ3v) is 4.53. The fourth-order valence-corrected chi connectivity index (χ4v) is 2.69. The molecule has 1 aliphatic rings. The number of aryl methyl sites for hydroxylation is 1. The van der Waals surface area contributed by atoms with Crippen LogP contribution in [0.1, 0.15) is 24.2 Å². The summed E-state index contributed by atoms with van der Waals surface area (Å²) in [4.78, 5) is 15.2. The van der Waals surface area contributed by atoms with E-state index in [0.717, 1.165) is 48.8 Å². The van der Waals surface area contributed by atoms with Crippen molar-refractivity contribution in [3.8, 4) is 5.82 Å². The molecule has 0 saturated heterocycles. The number of guanidine groups is 1. The molecule has 1 N–H and O–H groups in total. The van der Waals surface area contributed by atoms with Gasteiger partial charge in [0.05, 0.1) is 6.61 Å². The average Bonchev–Trinajstić information content (AvgIpc) is 3.39. The highest BCUT2D eigenvalue weighted by atomic mass is 127. The zero-order valence-corrected chi connectivity index (χ0v) is 18.6. The van der Waals surface area contributed by atoms with Gasteiger partial charge in [-0.1, -0.05) is 6.07 Å². The number of nitrogens with one attached hydrogen (secondary N) is 1. The first-order valence-electron chi connectivity index (χ1n) is 9.12. The standard InChI is InChI=1S/C19H28N6O.HI/c1-15-21-8-9-25(15)18-7-6-17(12-22-18)13-23-19(20-2)24(3)10-11-26-14-16-4-5-16;/h6-9,12,16H,4-5,10-11,13-14H2,1-3H3,(H,20,23);1H. The van der Waals surface area contributed by atoms with Crippen LogP contribution in [0.5, 0.6) is 0 Å². The molecule has 0 amide bonds. The van der Waals surface area contributed by atoms with Gasteiger partial charge in [0.15, 0.2) is 5.96 Å². The summed E-state index contributed by atoms with van der Waals surface area (Å²) >= 11 is 0. The van der Waals surface area contributed by atoms with Crippen LogP contribution in [-0.4, -0.2) is 59.2 Å². The first-order chi connectivity index (χ1) is 12.7. The van der Waals surface area contributed by atoms with E-state index >= 15 is 0 Å². The number of hydrogen-bond acceptors (Lipinski definition) is 4. The van der Waals surface area contributed by atoms with Gasteiger partial charge < -0.3 is 15.0 Å². The van der Waals surface area contributed by atoms with Crippen molar-refractivity contribution in [2.75, 3.05) is 33.9 Å². The van der Waals surface area contributed by atoms with Gasteiger partial charge in [0.25, 0.3) is 0 Å². The highest BCUT2D eigenvalue weighted by Crippen LogP contribution is 2.28. The Kier molecular flexibility index (Phi) is 8.49. The second kappa shape index (κ2) is 10.6. The Morgan fingerprint density at radius 2 is 2.19 bits per heavy atom. The molecule has 7 nitrogen and oxygen atoms in total.